The highest BCUT2D eigenvalue weighted by molar-refractivity contribution is 7.13. The number of amides is 2. The molecule has 17 nitrogen and oxygen atoms in total. The number of methoxy groups -OCH3 is 1. The van der Waals surface area contributed by atoms with E-state index in [1.165, 1.54) is 25.2 Å². The van der Waals surface area contributed by atoms with Crippen molar-refractivity contribution in [2.75, 3.05) is 34.3 Å². The highest BCUT2D eigenvalue weighted by atomic mass is 32.1. The molecule has 3 fully saturated rings. The lowest BCUT2D eigenvalue weighted by atomic mass is 9.78. The van der Waals surface area contributed by atoms with Gasteiger partial charge in [-0.15, -0.1) is 16.4 Å². The van der Waals surface area contributed by atoms with Crippen molar-refractivity contribution < 1.29 is 48.0 Å². The smallest absolute Gasteiger partial charge is 0.410 e. The molecule has 13 atom stereocenters. The Morgan fingerprint density at radius 2 is 1.80 bits per heavy atom. The number of likely N-dealkylation sites (N-methyl/N-ethyl adjacent to an activating group) is 1. The number of ether oxygens (including phenoxy) is 5. The summed E-state index contributed by atoms with van der Waals surface area (Å²) >= 11 is 1.48. The van der Waals surface area contributed by atoms with Crippen molar-refractivity contribution in [3.05, 3.63) is 17.8 Å². The van der Waals surface area contributed by atoms with E-state index in [1.54, 1.807) is 41.6 Å². The normalized spacial score (nSPS) is 36.1. The molecule has 0 radical (unpaired) electrons. The van der Waals surface area contributed by atoms with Crippen molar-refractivity contribution in [2.45, 2.75) is 161 Å². The molecule has 2 amide bonds. The number of aliphatic hydroxyl groups is 1. The lowest BCUT2D eigenvalue weighted by Crippen LogP contribution is -2.62. The van der Waals surface area contributed by atoms with E-state index in [-0.39, 0.29) is 36.9 Å². The molecule has 0 spiro atoms. The average molecular weight is 862 g/mol. The minimum absolute atomic E-state index is 0.209. The van der Waals surface area contributed by atoms with Crippen LogP contribution >= 0.6 is 11.3 Å². The summed E-state index contributed by atoms with van der Waals surface area (Å²) in [5.74, 6) is -3.81. The fourth-order valence-corrected chi connectivity index (χ4v) is 10.2. The molecule has 0 bridgehead atoms. The number of fused-ring (bicyclic) bond motifs is 1. The molecular weight excluding hydrogens is 795 g/mol. The summed E-state index contributed by atoms with van der Waals surface area (Å²) in [5, 5.41) is 22.6. The number of aromatic nitrogens is 4. The molecule has 3 aliphatic rings. The molecule has 3 aliphatic heterocycles. The Balaban J connectivity index is 1.46. The predicted molar refractivity (Wildman–Crippen MR) is 223 cm³/mol. The topological polar surface area (TPSA) is 188 Å². The van der Waals surface area contributed by atoms with Gasteiger partial charge in [-0.1, -0.05) is 26.0 Å². The third-order valence-electron chi connectivity index (χ3n) is 12.9. The van der Waals surface area contributed by atoms with E-state index in [1.807, 2.05) is 65.2 Å². The van der Waals surface area contributed by atoms with E-state index in [4.69, 9.17) is 23.7 Å². The highest BCUT2D eigenvalue weighted by Gasteiger charge is 2.60. The van der Waals surface area contributed by atoms with Crippen LogP contribution in [0.2, 0.25) is 0 Å². The molecule has 3 saturated heterocycles. The van der Waals surface area contributed by atoms with Gasteiger partial charge in [0.15, 0.2) is 17.7 Å². The second-order valence-corrected chi connectivity index (χ2v) is 18.6. The number of Topliss-reactive ketones (excluding diaryl/α,β-unsaturated/α-hetero) is 1. The summed E-state index contributed by atoms with van der Waals surface area (Å²) in [4.78, 5) is 65.9. The fourth-order valence-electron chi connectivity index (χ4n) is 9.62. The standard InChI is InChI=1S/C42H67N7O10S/c1-13-32-42(9)35(48(40(54)59-42)18-15-14-17-47-23-30(44-45-47)37-43-16-19-60-37)28(6)49(29(7)50)22-24(2)21-41(8,55-12)36(26(4)33(51)27(5)38(53)57-32)58-39-34(52)31(46(10)11)20-25(3)56-39/h16,19,23-28,31-32,34-36,39,52H,13-15,17-18,20-22H2,1-12H3/t24-,25?,26-,27-,28-,31?,32-,34?,35-,36-,39+,41-,42-/m1/s1. The van der Waals surface area contributed by atoms with Crippen molar-refractivity contribution in [3.8, 4) is 10.7 Å². The van der Waals surface area contributed by atoms with Gasteiger partial charge in [0.1, 0.15) is 28.8 Å². The number of hydrogen-bond acceptors (Lipinski definition) is 15. The molecule has 0 saturated carbocycles. The lowest BCUT2D eigenvalue weighted by Gasteiger charge is -2.47. The van der Waals surface area contributed by atoms with E-state index in [9.17, 15) is 24.3 Å². The average Bonchev–Trinajstić information content (AvgIpc) is 3.96. The van der Waals surface area contributed by atoms with E-state index in [2.05, 4.69) is 15.3 Å². The summed E-state index contributed by atoms with van der Waals surface area (Å²) in [7, 11) is 5.31. The van der Waals surface area contributed by atoms with E-state index in [0.29, 0.717) is 44.5 Å². The minimum atomic E-state index is -1.39. The summed E-state index contributed by atoms with van der Waals surface area (Å²) < 4.78 is 33.3. The minimum Gasteiger partial charge on any atom is -0.458 e. The zero-order valence-corrected chi connectivity index (χ0v) is 38.2. The Hall–Kier alpha value is -3.55. The van der Waals surface area contributed by atoms with Crippen molar-refractivity contribution in [1.82, 2.24) is 34.7 Å². The number of thiazole rings is 1. The van der Waals surface area contributed by atoms with Crippen LogP contribution in [0.5, 0.6) is 0 Å². The molecule has 1 N–H and O–H groups in total. The Kier molecular flexibility index (Phi) is 15.6. The first-order chi connectivity index (χ1) is 28.3. The highest BCUT2D eigenvalue weighted by Crippen LogP contribution is 2.41. The molecule has 0 aliphatic carbocycles. The quantitative estimate of drug-likeness (QED) is 0.190. The lowest BCUT2D eigenvalue weighted by molar-refractivity contribution is -0.295. The number of aryl methyl sites for hydroxylation is 1. The number of cyclic esters (lactones) is 1. The first-order valence-corrected chi connectivity index (χ1v) is 22.2. The third-order valence-corrected chi connectivity index (χ3v) is 13.7. The number of nitrogens with zero attached hydrogens (tertiary/aromatic N) is 7. The summed E-state index contributed by atoms with van der Waals surface area (Å²) in [6.07, 6.45) is 1.08. The second kappa shape index (κ2) is 19.7. The van der Waals surface area contributed by atoms with Crippen LogP contribution in [0.4, 0.5) is 4.79 Å². The largest absolute Gasteiger partial charge is 0.458 e. The Bertz CT molecular complexity index is 1780. The van der Waals surface area contributed by atoms with Crippen LogP contribution in [0, 0.1) is 17.8 Å². The zero-order valence-electron chi connectivity index (χ0n) is 37.4. The van der Waals surface area contributed by atoms with Gasteiger partial charge in [0, 0.05) is 57.2 Å². The predicted octanol–water partition coefficient (Wildman–Crippen LogP) is 4.42. The molecule has 3 unspecified atom stereocenters. The molecular formula is C42H67N7O10S. The summed E-state index contributed by atoms with van der Waals surface area (Å²) in [5.41, 5.74) is -1.86. The molecule has 0 aromatic carbocycles. The monoisotopic (exact) mass is 861 g/mol. The van der Waals surface area contributed by atoms with Crippen LogP contribution in [0.3, 0.4) is 0 Å². The number of esters is 1. The van der Waals surface area contributed by atoms with Gasteiger partial charge in [-0.05, 0) is 86.7 Å². The molecule has 5 heterocycles. The van der Waals surface area contributed by atoms with Gasteiger partial charge in [0.2, 0.25) is 5.91 Å². The molecule has 336 valence electrons. The maximum absolute atomic E-state index is 14.5. The first-order valence-electron chi connectivity index (χ1n) is 21.3. The number of rotatable bonds is 11. The summed E-state index contributed by atoms with van der Waals surface area (Å²) in [6.45, 7) is 17.1. The number of carbonyl (C=O) groups is 4. The van der Waals surface area contributed by atoms with Crippen LogP contribution < -0.4 is 0 Å². The van der Waals surface area contributed by atoms with Crippen molar-refractivity contribution >= 4 is 35.1 Å². The maximum atomic E-state index is 14.5. The van der Waals surface area contributed by atoms with Gasteiger partial charge in [0.25, 0.3) is 0 Å². The SMILES string of the molecule is CC[C@H]1OC(=O)[C@H](C)C(=O)[C@@H](C)[C@@H](O[C@@H]2OC(C)CC(N(C)C)C2O)[C@](C)(OC)C[C@@H](C)CN(C(C)=O)[C@H](C)[C@H]2N(CCCCn3cc(-c4nccs4)nn3)C(=O)O[C@]12C. The van der Waals surface area contributed by atoms with Gasteiger partial charge in [-0.25, -0.2) is 9.78 Å². The Labute approximate surface area is 358 Å². The molecule has 2 aromatic heterocycles. The van der Waals surface area contributed by atoms with Crippen LogP contribution in [0.25, 0.3) is 10.7 Å². The number of aliphatic hydroxyl groups excluding tert-OH is 1. The summed E-state index contributed by atoms with van der Waals surface area (Å²) in [6, 6.07) is -1.58. The third kappa shape index (κ3) is 10.0. The first kappa shape index (κ1) is 47.5. The van der Waals surface area contributed by atoms with Crippen molar-refractivity contribution in [2.24, 2.45) is 17.8 Å². The molecule has 5 rings (SSSR count). The number of unbranched alkanes of at least 4 members (excludes halogenated alkanes) is 1. The van der Waals surface area contributed by atoms with Crippen molar-refractivity contribution in [3.63, 3.8) is 0 Å². The Morgan fingerprint density at radius 3 is 2.42 bits per heavy atom. The van der Waals surface area contributed by atoms with E-state index >= 15 is 0 Å². The van der Waals surface area contributed by atoms with Crippen molar-refractivity contribution in [1.29, 1.82) is 0 Å². The van der Waals surface area contributed by atoms with Crippen LogP contribution in [0.1, 0.15) is 94.4 Å². The number of hydrogen-bond donors (Lipinski definition) is 1. The van der Waals surface area contributed by atoms with Crippen LogP contribution in [0.15, 0.2) is 17.8 Å². The zero-order chi connectivity index (χ0) is 44.3. The van der Waals surface area contributed by atoms with E-state index in [0.717, 1.165) is 5.01 Å². The van der Waals surface area contributed by atoms with Gasteiger partial charge in [-0.3, -0.25) is 24.0 Å². The number of carbonyl (C=O) groups excluding carboxylic acids is 4. The number of ketones is 1. The van der Waals surface area contributed by atoms with E-state index < -0.39 is 77.6 Å². The van der Waals surface area contributed by atoms with Crippen LogP contribution in [-0.2, 0) is 44.6 Å². The van der Waals surface area contributed by atoms with Crippen LogP contribution in [-0.4, -0.2) is 158 Å². The molecule has 18 heteroatoms. The van der Waals surface area contributed by atoms with Gasteiger partial charge < -0.3 is 38.6 Å². The Morgan fingerprint density at radius 1 is 1.10 bits per heavy atom. The van der Waals surface area contributed by atoms with Gasteiger partial charge in [-0.2, -0.15) is 0 Å². The van der Waals surface area contributed by atoms with Gasteiger partial charge in [0.05, 0.1) is 36.1 Å². The second-order valence-electron chi connectivity index (χ2n) is 17.7. The maximum Gasteiger partial charge on any atom is 0.410 e. The van der Waals surface area contributed by atoms with Gasteiger partial charge >= 0.3 is 12.1 Å². The molecule has 2 aromatic rings. The fraction of sp³-hybridized carbons (Fsp3) is 0.786. The molecule has 60 heavy (non-hydrogen) atoms.